The Bertz CT molecular complexity index is 1300. The summed E-state index contributed by atoms with van der Waals surface area (Å²) in [6.45, 7) is 7.40. The fourth-order valence-electron chi connectivity index (χ4n) is 4.40. The molecule has 0 saturated heterocycles. The first kappa shape index (κ1) is 25.4. The highest BCUT2D eigenvalue weighted by Gasteiger charge is 2.17. The van der Waals surface area contributed by atoms with Crippen molar-refractivity contribution in [1.29, 1.82) is 0 Å². The zero-order chi connectivity index (χ0) is 25.7. The van der Waals surface area contributed by atoms with Crippen molar-refractivity contribution in [2.75, 3.05) is 31.6 Å². The Morgan fingerprint density at radius 1 is 0.972 bits per heavy atom. The molecular weight excluding hydrogens is 454 g/mol. The summed E-state index contributed by atoms with van der Waals surface area (Å²) in [4.78, 5) is 17.3. The highest BCUT2D eigenvalue weighted by Crippen LogP contribution is 2.33. The number of para-hydroxylation sites is 1. The first-order valence-corrected chi connectivity index (χ1v) is 12.4. The molecule has 1 heterocycles. The van der Waals surface area contributed by atoms with Gasteiger partial charge in [0.05, 0.1) is 5.52 Å². The first-order valence-electron chi connectivity index (χ1n) is 12.4. The van der Waals surface area contributed by atoms with Crippen molar-refractivity contribution in [3.8, 4) is 11.5 Å². The predicted molar refractivity (Wildman–Crippen MR) is 145 cm³/mol. The second-order valence-electron chi connectivity index (χ2n) is 9.48. The molecule has 36 heavy (non-hydrogen) atoms. The van der Waals surface area contributed by atoms with Crippen molar-refractivity contribution in [2.24, 2.45) is 5.92 Å². The van der Waals surface area contributed by atoms with E-state index in [0.29, 0.717) is 18.2 Å². The van der Waals surface area contributed by atoms with Crippen LogP contribution in [0.25, 0.3) is 21.8 Å². The summed E-state index contributed by atoms with van der Waals surface area (Å²) in [5.74, 6) is 1.61. The van der Waals surface area contributed by atoms with Gasteiger partial charge in [0.25, 0.3) is 5.91 Å². The lowest BCUT2D eigenvalue weighted by Crippen LogP contribution is -2.38. The maximum Gasteiger partial charge on any atom is 0.260 e. The normalized spacial score (nSPS) is 13.1. The van der Waals surface area contributed by atoms with E-state index >= 15 is 0 Å². The Labute approximate surface area is 212 Å². The number of aliphatic hydroxyl groups excluding tert-OH is 1. The van der Waals surface area contributed by atoms with E-state index in [1.165, 1.54) is 0 Å². The van der Waals surface area contributed by atoms with Gasteiger partial charge in [0.1, 0.15) is 24.2 Å². The van der Waals surface area contributed by atoms with Gasteiger partial charge in [-0.05, 0) is 55.3 Å². The SMILES string of the molecule is CNC(=O)C(C)Oc1ccc(N(CC(C)C)C[C@H](O)COc2cccc3[nH]c4ccccc4c23)cc1. The van der Waals surface area contributed by atoms with Crippen molar-refractivity contribution in [1.82, 2.24) is 10.3 Å². The van der Waals surface area contributed by atoms with Gasteiger partial charge < -0.3 is 29.8 Å². The smallest absolute Gasteiger partial charge is 0.260 e. The number of fused-ring (bicyclic) bond motifs is 3. The number of nitrogens with one attached hydrogen (secondary N) is 2. The number of aromatic nitrogens is 1. The van der Waals surface area contributed by atoms with E-state index in [0.717, 1.165) is 39.8 Å². The Balaban J connectivity index is 1.44. The number of benzene rings is 3. The highest BCUT2D eigenvalue weighted by molar-refractivity contribution is 6.10. The molecule has 0 spiro atoms. The molecule has 0 saturated carbocycles. The molecule has 0 aliphatic rings. The lowest BCUT2D eigenvalue weighted by molar-refractivity contribution is -0.126. The van der Waals surface area contributed by atoms with Gasteiger partial charge >= 0.3 is 0 Å². The number of anilines is 1. The van der Waals surface area contributed by atoms with Crippen LogP contribution in [0.1, 0.15) is 20.8 Å². The molecule has 4 rings (SSSR count). The van der Waals surface area contributed by atoms with E-state index < -0.39 is 12.2 Å². The molecule has 4 aromatic rings. The van der Waals surface area contributed by atoms with Gasteiger partial charge in [0, 0.05) is 42.1 Å². The molecule has 7 nitrogen and oxygen atoms in total. The third-order valence-electron chi connectivity index (χ3n) is 6.07. The lowest BCUT2D eigenvalue weighted by Gasteiger charge is -2.29. The number of amides is 1. The van der Waals surface area contributed by atoms with Crippen molar-refractivity contribution in [2.45, 2.75) is 33.0 Å². The standard InChI is InChI=1S/C29H35N3O4/c1-19(2)16-32(21-12-14-23(15-13-21)36-20(3)29(34)30-4)17-22(33)18-35-27-11-7-10-26-28(27)24-8-5-6-9-25(24)31-26/h5-15,19-20,22,31,33H,16-18H2,1-4H3,(H,30,34)/t20?,22-/m0/s1. The van der Waals surface area contributed by atoms with Gasteiger partial charge in [-0.1, -0.05) is 38.1 Å². The van der Waals surface area contributed by atoms with Gasteiger partial charge in [-0.3, -0.25) is 4.79 Å². The van der Waals surface area contributed by atoms with E-state index in [2.05, 4.69) is 35.1 Å². The fraction of sp³-hybridized carbons (Fsp3) is 0.345. The number of hydrogen-bond donors (Lipinski definition) is 3. The Morgan fingerprint density at radius 3 is 2.42 bits per heavy atom. The van der Waals surface area contributed by atoms with Crippen LogP contribution in [0.15, 0.2) is 66.7 Å². The van der Waals surface area contributed by atoms with Crippen LogP contribution in [0.3, 0.4) is 0 Å². The van der Waals surface area contributed by atoms with Crippen LogP contribution in [0.4, 0.5) is 5.69 Å². The van der Waals surface area contributed by atoms with Crippen molar-refractivity contribution >= 4 is 33.4 Å². The molecule has 1 unspecified atom stereocenters. The molecule has 0 fully saturated rings. The number of H-pyrrole nitrogens is 1. The molecule has 0 aliphatic carbocycles. The van der Waals surface area contributed by atoms with Crippen LogP contribution >= 0.6 is 0 Å². The molecule has 3 N–H and O–H groups in total. The van der Waals surface area contributed by atoms with Crippen LogP contribution in [0.5, 0.6) is 11.5 Å². The van der Waals surface area contributed by atoms with Crippen LogP contribution < -0.4 is 19.7 Å². The van der Waals surface area contributed by atoms with Crippen LogP contribution in [0, 0.1) is 5.92 Å². The zero-order valence-corrected chi connectivity index (χ0v) is 21.3. The fourth-order valence-corrected chi connectivity index (χ4v) is 4.40. The minimum atomic E-state index is -0.687. The Hall–Kier alpha value is -3.71. The van der Waals surface area contributed by atoms with Gasteiger partial charge in [-0.25, -0.2) is 0 Å². The largest absolute Gasteiger partial charge is 0.490 e. The summed E-state index contributed by atoms with van der Waals surface area (Å²) >= 11 is 0. The summed E-state index contributed by atoms with van der Waals surface area (Å²) < 4.78 is 11.8. The molecular formula is C29H35N3O4. The van der Waals surface area contributed by atoms with Crippen LogP contribution in [-0.2, 0) is 4.79 Å². The zero-order valence-electron chi connectivity index (χ0n) is 21.3. The predicted octanol–water partition coefficient (Wildman–Crippen LogP) is 4.74. The molecule has 7 heteroatoms. The number of nitrogens with zero attached hydrogens (tertiary/aromatic N) is 1. The molecule has 2 atom stereocenters. The summed E-state index contributed by atoms with van der Waals surface area (Å²) in [5.41, 5.74) is 3.04. The maximum atomic E-state index is 11.7. The third-order valence-corrected chi connectivity index (χ3v) is 6.07. The molecule has 190 valence electrons. The van der Waals surface area contributed by atoms with E-state index in [1.54, 1.807) is 14.0 Å². The van der Waals surface area contributed by atoms with Crippen molar-refractivity contribution < 1.29 is 19.4 Å². The molecule has 1 aromatic heterocycles. The van der Waals surface area contributed by atoms with Gasteiger partial charge in [0.2, 0.25) is 0 Å². The van der Waals surface area contributed by atoms with Crippen LogP contribution in [0.2, 0.25) is 0 Å². The summed E-state index contributed by atoms with van der Waals surface area (Å²) in [5, 5.41) is 15.6. The average Bonchev–Trinajstić information content (AvgIpc) is 3.26. The molecule has 3 aromatic carbocycles. The number of aromatic amines is 1. The minimum Gasteiger partial charge on any atom is -0.490 e. The first-order chi connectivity index (χ1) is 17.4. The Kier molecular flexibility index (Phi) is 8.00. The van der Waals surface area contributed by atoms with E-state index in [4.69, 9.17) is 9.47 Å². The van der Waals surface area contributed by atoms with Gasteiger partial charge in [-0.15, -0.1) is 0 Å². The van der Waals surface area contributed by atoms with Crippen LogP contribution in [-0.4, -0.2) is 54.9 Å². The third kappa shape index (κ3) is 5.91. The number of ether oxygens (including phenoxy) is 2. The summed E-state index contributed by atoms with van der Waals surface area (Å²) in [6.07, 6.45) is -1.26. The number of carbonyl (C=O) groups is 1. The number of likely N-dealkylation sites (N-methyl/N-ethyl adjacent to an activating group) is 1. The Morgan fingerprint density at radius 2 is 1.69 bits per heavy atom. The lowest BCUT2D eigenvalue weighted by atomic mass is 10.1. The number of hydrogen-bond acceptors (Lipinski definition) is 5. The molecule has 0 radical (unpaired) electrons. The summed E-state index contributed by atoms with van der Waals surface area (Å²) in [6, 6.07) is 21.7. The van der Waals surface area contributed by atoms with Gasteiger partial charge in [0.15, 0.2) is 6.10 Å². The topological polar surface area (TPSA) is 86.8 Å². The molecule has 1 amide bonds. The van der Waals surface area contributed by atoms with Crippen molar-refractivity contribution in [3.63, 3.8) is 0 Å². The van der Waals surface area contributed by atoms with E-state index in [9.17, 15) is 9.90 Å². The molecule has 0 bridgehead atoms. The molecule has 0 aliphatic heterocycles. The van der Waals surface area contributed by atoms with E-state index in [1.807, 2.05) is 60.7 Å². The second kappa shape index (κ2) is 11.4. The average molecular weight is 490 g/mol. The number of rotatable bonds is 11. The highest BCUT2D eigenvalue weighted by atomic mass is 16.5. The maximum absolute atomic E-state index is 11.7. The van der Waals surface area contributed by atoms with Gasteiger partial charge in [-0.2, -0.15) is 0 Å². The van der Waals surface area contributed by atoms with Crippen molar-refractivity contribution in [3.05, 3.63) is 66.7 Å². The second-order valence-corrected chi connectivity index (χ2v) is 9.48. The quantitative estimate of drug-likeness (QED) is 0.283. The van der Waals surface area contributed by atoms with E-state index in [-0.39, 0.29) is 12.5 Å². The number of aliphatic hydroxyl groups is 1. The summed E-state index contributed by atoms with van der Waals surface area (Å²) in [7, 11) is 1.59. The number of carbonyl (C=O) groups excluding carboxylic acids is 1. The minimum absolute atomic E-state index is 0.174. The monoisotopic (exact) mass is 489 g/mol.